The van der Waals surface area contributed by atoms with Gasteiger partial charge >= 0.3 is 6.01 Å². The van der Waals surface area contributed by atoms with Crippen LogP contribution in [0.5, 0.6) is 17.6 Å². The first-order chi connectivity index (χ1) is 22.3. The fraction of sp³-hybridized carbons (Fsp3) is 0.500. The smallest absolute Gasteiger partial charge is 0.319 e. The number of aromatic nitrogens is 3. The fourth-order valence-corrected chi connectivity index (χ4v) is 8.84. The largest absolute Gasteiger partial charge is 0.508 e. The second kappa shape index (κ2) is 10.3. The summed E-state index contributed by atoms with van der Waals surface area (Å²) in [5.74, 6) is -0.568. The molecule has 4 aromatic rings. The van der Waals surface area contributed by atoms with Gasteiger partial charge in [-0.25, -0.2) is 18.2 Å². The van der Waals surface area contributed by atoms with Crippen LogP contribution in [0.1, 0.15) is 44.6 Å². The van der Waals surface area contributed by atoms with Crippen LogP contribution in [0.25, 0.3) is 32.9 Å². The van der Waals surface area contributed by atoms with E-state index in [-0.39, 0.29) is 59.1 Å². The van der Waals surface area contributed by atoms with Gasteiger partial charge in [0.15, 0.2) is 5.82 Å². The molecule has 2 N–H and O–H groups in total. The summed E-state index contributed by atoms with van der Waals surface area (Å²) in [5.41, 5.74) is 0.0926. The number of anilines is 1. The molecule has 5 aliphatic heterocycles. The number of nitrogens with one attached hydrogen (secondary N) is 1. The van der Waals surface area contributed by atoms with Crippen LogP contribution in [-0.4, -0.2) is 87.6 Å². The summed E-state index contributed by atoms with van der Waals surface area (Å²) >= 11 is 0. The van der Waals surface area contributed by atoms with E-state index in [0.717, 1.165) is 32.2 Å². The van der Waals surface area contributed by atoms with Crippen LogP contribution in [0, 0.1) is 11.6 Å². The number of piperazine rings is 1. The zero-order valence-electron chi connectivity index (χ0n) is 25.5. The molecule has 9 rings (SSSR count). The second-order valence-corrected chi connectivity index (χ2v) is 13.5. The van der Waals surface area contributed by atoms with Gasteiger partial charge in [-0.3, -0.25) is 4.90 Å². The molecule has 7 heterocycles. The second-order valence-electron chi connectivity index (χ2n) is 13.5. The van der Waals surface area contributed by atoms with E-state index >= 15 is 8.78 Å². The summed E-state index contributed by atoms with van der Waals surface area (Å²) in [6, 6.07) is 6.25. The molecule has 2 aromatic carbocycles. The minimum absolute atomic E-state index is 0.0145. The lowest BCUT2D eigenvalue weighted by Gasteiger charge is -2.40. The Hall–Kier alpha value is -3.90. The van der Waals surface area contributed by atoms with Gasteiger partial charge in [0, 0.05) is 37.2 Å². The van der Waals surface area contributed by atoms with Gasteiger partial charge in [-0.2, -0.15) is 9.97 Å². The molecule has 46 heavy (non-hydrogen) atoms. The summed E-state index contributed by atoms with van der Waals surface area (Å²) in [6.07, 6.45) is 3.62. The molecule has 5 atom stereocenters. The van der Waals surface area contributed by atoms with Crippen molar-refractivity contribution in [2.75, 3.05) is 37.7 Å². The van der Waals surface area contributed by atoms with Gasteiger partial charge in [0.1, 0.15) is 53.4 Å². The molecule has 12 heteroatoms. The minimum Gasteiger partial charge on any atom is -0.508 e. The first kappa shape index (κ1) is 28.3. The molecule has 0 amide bonds. The molecule has 0 saturated carbocycles. The number of hydrogen-bond donors (Lipinski definition) is 2. The molecule has 240 valence electrons. The van der Waals surface area contributed by atoms with Crippen molar-refractivity contribution in [3.8, 4) is 28.9 Å². The third kappa shape index (κ3) is 4.18. The third-order valence-corrected chi connectivity index (χ3v) is 10.9. The summed E-state index contributed by atoms with van der Waals surface area (Å²) < 4.78 is 59.3. The molecule has 0 spiro atoms. The molecule has 0 aliphatic carbocycles. The Bertz CT molecular complexity index is 1910. The van der Waals surface area contributed by atoms with E-state index in [4.69, 9.17) is 19.4 Å². The number of pyridine rings is 1. The van der Waals surface area contributed by atoms with Gasteiger partial charge in [0.25, 0.3) is 0 Å². The Balaban J connectivity index is 1.24. The van der Waals surface area contributed by atoms with Crippen molar-refractivity contribution in [1.82, 2.24) is 25.2 Å². The highest BCUT2D eigenvalue weighted by Crippen LogP contribution is 2.45. The van der Waals surface area contributed by atoms with E-state index in [2.05, 4.69) is 20.1 Å². The lowest BCUT2D eigenvalue weighted by Crippen LogP contribution is -2.60. The SMILES string of the molecule is CCc1c(F)ccc2cc(O)cc(-c3nc4c5c(nc(OC[C@@]67CCCN6C[C@H](F)C7)nc5c3F)N3C[C@H]5CC[C@H](N5)[C@@H]3CO4)c12. The number of fused-ring (bicyclic) bond motifs is 7. The van der Waals surface area contributed by atoms with Crippen molar-refractivity contribution in [2.45, 2.75) is 75.3 Å². The van der Waals surface area contributed by atoms with E-state index in [1.165, 1.54) is 18.2 Å². The molecule has 0 radical (unpaired) electrons. The number of benzene rings is 2. The Morgan fingerprint density at radius 1 is 1.13 bits per heavy atom. The topological polar surface area (TPSA) is 95.9 Å². The predicted molar refractivity (Wildman–Crippen MR) is 166 cm³/mol. The molecule has 0 unspecified atom stereocenters. The van der Waals surface area contributed by atoms with E-state index in [9.17, 15) is 9.50 Å². The average molecular weight is 633 g/mol. The van der Waals surface area contributed by atoms with Crippen LogP contribution in [-0.2, 0) is 6.42 Å². The standard InChI is InChI=1S/C34H35F3N6O3/c1-2-21-23(36)6-4-17-10-20(44)11-22(26(17)21)29-28(37)30-27-31(43-14-19-5-7-24(38-19)25(43)15-45-32(27)39-29)41-33(40-30)46-16-34-8-3-9-42(34)13-18(35)12-34/h4,6,10-11,18-19,24-25,38,44H,2-3,5,7-9,12-16H2,1H3/t18-,19-,24+,25+,34+/m1/s1. The van der Waals surface area contributed by atoms with Gasteiger partial charge in [-0.1, -0.05) is 13.0 Å². The predicted octanol–water partition coefficient (Wildman–Crippen LogP) is 5.05. The Kier molecular flexibility index (Phi) is 6.34. The monoisotopic (exact) mass is 632 g/mol. The highest BCUT2D eigenvalue weighted by atomic mass is 19.1. The van der Waals surface area contributed by atoms with Crippen LogP contribution in [0.2, 0.25) is 0 Å². The Morgan fingerprint density at radius 2 is 2.02 bits per heavy atom. The van der Waals surface area contributed by atoms with Crippen molar-refractivity contribution in [1.29, 1.82) is 0 Å². The minimum atomic E-state index is -0.913. The van der Waals surface area contributed by atoms with E-state index in [1.54, 1.807) is 6.07 Å². The van der Waals surface area contributed by atoms with Crippen LogP contribution in [0.15, 0.2) is 24.3 Å². The van der Waals surface area contributed by atoms with Crippen LogP contribution >= 0.6 is 0 Å². The Labute approximate surface area is 263 Å². The molecule has 5 aliphatic rings. The van der Waals surface area contributed by atoms with Gasteiger partial charge in [0.05, 0.1) is 11.6 Å². The number of alkyl halides is 1. The number of aromatic hydroxyl groups is 1. The number of phenolic OH excluding ortho intramolecular Hbond substituents is 1. The number of nitrogens with zero attached hydrogens (tertiary/aromatic N) is 5. The lowest BCUT2D eigenvalue weighted by molar-refractivity contribution is 0.107. The summed E-state index contributed by atoms with van der Waals surface area (Å²) in [4.78, 5) is 18.6. The quantitative estimate of drug-likeness (QED) is 0.314. The third-order valence-electron chi connectivity index (χ3n) is 10.9. The molecule has 4 saturated heterocycles. The maximum Gasteiger partial charge on any atom is 0.319 e. The normalized spacial score (nSPS) is 28.4. The van der Waals surface area contributed by atoms with Crippen LogP contribution < -0.4 is 19.7 Å². The maximum absolute atomic E-state index is 17.1. The van der Waals surface area contributed by atoms with E-state index < -0.39 is 23.3 Å². The van der Waals surface area contributed by atoms with Crippen molar-refractivity contribution >= 4 is 27.5 Å². The van der Waals surface area contributed by atoms with E-state index in [0.29, 0.717) is 60.1 Å². The van der Waals surface area contributed by atoms with Crippen molar-refractivity contribution in [3.05, 3.63) is 41.5 Å². The summed E-state index contributed by atoms with van der Waals surface area (Å²) in [5, 5.41) is 15.8. The van der Waals surface area contributed by atoms with Crippen molar-refractivity contribution in [3.63, 3.8) is 0 Å². The zero-order valence-corrected chi connectivity index (χ0v) is 25.5. The van der Waals surface area contributed by atoms with E-state index in [1.807, 2.05) is 6.92 Å². The van der Waals surface area contributed by atoms with Crippen molar-refractivity contribution < 1.29 is 27.8 Å². The molecule has 4 fully saturated rings. The lowest BCUT2D eigenvalue weighted by atomic mass is 9.94. The average Bonchev–Trinajstić information content (AvgIpc) is 3.68. The summed E-state index contributed by atoms with van der Waals surface area (Å²) in [7, 11) is 0. The Morgan fingerprint density at radius 3 is 2.89 bits per heavy atom. The van der Waals surface area contributed by atoms with Gasteiger partial charge in [0.2, 0.25) is 5.88 Å². The first-order valence-corrected chi connectivity index (χ1v) is 16.3. The zero-order chi connectivity index (χ0) is 31.3. The number of rotatable bonds is 5. The number of halogens is 3. The van der Waals surface area contributed by atoms with Crippen LogP contribution in [0.3, 0.4) is 0 Å². The van der Waals surface area contributed by atoms with Gasteiger partial charge in [-0.05, 0) is 73.2 Å². The highest BCUT2D eigenvalue weighted by molar-refractivity contribution is 6.03. The molecule has 2 bridgehead atoms. The summed E-state index contributed by atoms with van der Waals surface area (Å²) in [6.45, 7) is 4.21. The van der Waals surface area contributed by atoms with Gasteiger partial charge in [-0.15, -0.1) is 0 Å². The maximum atomic E-state index is 17.1. The van der Waals surface area contributed by atoms with Crippen LogP contribution in [0.4, 0.5) is 19.0 Å². The number of phenols is 1. The number of ether oxygens (including phenoxy) is 2. The van der Waals surface area contributed by atoms with Gasteiger partial charge < -0.3 is 24.8 Å². The molecular weight excluding hydrogens is 597 g/mol. The molecular formula is C34H35F3N6O3. The fourth-order valence-electron chi connectivity index (χ4n) is 8.84. The van der Waals surface area contributed by atoms with Crippen molar-refractivity contribution in [2.24, 2.45) is 0 Å². The molecule has 2 aromatic heterocycles. The highest BCUT2D eigenvalue weighted by Gasteiger charge is 2.50. The number of hydrogen-bond acceptors (Lipinski definition) is 9. The first-order valence-electron chi connectivity index (χ1n) is 16.3. The molecule has 9 nitrogen and oxygen atoms in total. The number of aryl methyl sites for hydroxylation is 1.